The molecule has 7 rings (SSSR count). The molecule has 3 fully saturated rings. The number of phenols is 1. The van der Waals surface area contributed by atoms with E-state index in [1.54, 1.807) is 12.3 Å². The number of aromatic hydroxyl groups is 1. The van der Waals surface area contributed by atoms with Gasteiger partial charge in [0, 0.05) is 37.0 Å². The summed E-state index contributed by atoms with van der Waals surface area (Å²) in [4.78, 5) is 19.9. The normalized spacial score (nSPS) is 35.0. The van der Waals surface area contributed by atoms with Gasteiger partial charge in [0.1, 0.15) is 6.10 Å². The fourth-order valence-corrected chi connectivity index (χ4v) is 7.96. The van der Waals surface area contributed by atoms with Crippen LogP contribution in [0.3, 0.4) is 0 Å². The molecular formula is C29H35N3O4. The Kier molecular flexibility index (Phi) is 4.97. The second-order valence-electron chi connectivity index (χ2n) is 11.9. The van der Waals surface area contributed by atoms with Crippen molar-refractivity contribution in [1.82, 2.24) is 15.2 Å². The summed E-state index contributed by atoms with van der Waals surface area (Å²) in [6.45, 7) is 4.01. The molecule has 1 aromatic carbocycles. The average Bonchev–Trinajstić information content (AvgIpc) is 3.61. The van der Waals surface area contributed by atoms with Crippen molar-refractivity contribution in [3.8, 4) is 11.5 Å². The summed E-state index contributed by atoms with van der Waals surface area (Å²) in [5, 5.41) is 26.6. The van der Waals surface area contributed by atoms with Crippen molar-refractivity contribution in [2.45, 2.75) is 87.0 Å². The summed E-state index contributed by atoms with van der Waals surface area (Å²) in [6.07, 6.45) is 8.96. The number of carbonyl (C=O) groups excluding carboxylic acids is 1. The number of nitrogens with one attached hydrogen (secondary N) is 1. The molecule has 2 bridgehead atoms. The van der Waals surface area contributed by atoms with E-state index in [-0.39, 0.29) is 35.8 Å². The predicted octanol–water partition coefficient (Wildman–Crippen LogP) is 3.03. The number of aromatic nitrogens is 1. The molecule has 1 amide bonds. The van der Waals surface area contributed by atoms with Gasteiger partial charge in [0.2, 0.25) is 5.91 Å². The van der Waals surface area contributed by atoms with E-state index >= 15 is 0 Å². The zero-order valence-electron chi connectivity index (χ0n) is 20.8. The molecule has 2 aliphatic heterocycles. The molecule has 1 saturated heterocycles. The fourth-order valence-electron chi connectivity index (χ4n) is 7.96. The maximum atomic E-state index is 13.2. The lowest BCUT2D eigenvalue weighted by atomic mass is 9.48. The van der Waals surface area contributed by atoms with E-state index in [2.05, 4.69) is 15.2 Å². The Hall–Kier alpha value is -2.64. The molecule has 2 saturated carbocycles. The standard InChI is InChI=1S/C29H35N3O4/c1-17(20-3-2-11-30-15-20)13-24(34)31-21-8-9-29(35)23-14-19-6-7-22(33)26-25(19)28(29,27(21)36-26)10-12-32(23)16-18-4-5-18/h2-3,6-7,11,15,17-18,21,23,27,33,35H,4-5,8-10,12-14,16H2,1H3,(H,31,34)/t17?,21?,23-,27?,28+,29-/m1/s1. The van der Waals surface area contributed by atoms with Crippen LogP contribution in [0.25, 0.3) is 0 Å². The monoisotopic (exact) mass is 489 g/mol. The summed E-state index contributed by atoms with van der Waals surface area (Å²) in [5.74, 6) is 1.46. The molecule has 2 aromatic rings. The first-order valence-corrected chi connectivity index (χ1v) is 13.6. The Labute approximate surface area is 211 Å². The molecule has 5 aliphatic rings. The Morgan fingerprint density at radius 1 is 1.28 bits per heavy atom. The van der Waals surface area contributed by atoms with E-state index in [1.165, 1.54) is 18.4 Å². The quantitative estimate of drug-likeness (QED) is 0.578. The second-order valence-corrected chi connectivity index (χ2v) is 11.9. The van der Waals surface area contributed by atoms with Gasteiger partial charge in [-0.2, -0.15) is 0 Å². The third kappa shape index (κ3) is 3.11. The smallest absolute Gasteiger partial charge is 0.220 e. The highest BCUT2D eigenvalue weighted by Gasteiger charge is 2.73. The molecule has 3 heterocycles. The minimum atomic E-state index is -0.929. The number of piperidine rings is 1. The summed E-state index contributed by atoms with van der Waals surface area (Å²) in [6, 6.07) is 7.48. The molecule has 7 heteroatoms. The van der Waals surface area contributed by atoms with Gasteiger partial charge in [0.25, 0.3) is 0 Å². The number of pyridine rings is 1. The lowest BCUT2D eigenvalue weighted by molar-refractivity contribution is -0.192. The van der Waals surface area contributed by atoms with Gasteiger partial charge in [-0.3, -0.25) is 14.7 Å². The number of nitrogens with zero attached hydrogens (tertiary/aromatic N) is 2. The van der Waals surface area contributed by atoms with E-state index in [9.17, 15) is 15.0 Å². The van der Waals surface area contributed by atoms with E-state index in [1.807, 2.05) is 31.3 Å². The average molecular weight is 490 g/mol. The molecule has 7 nitrogen and oxygen atoms in total. The number of hydrogen-bond donors (Lipinski definition) is 3. The van der Waals surface area contributed by atoms with Crippen molar-refractivity contribution in [2.75, 3.05) is 13.1 Å². The number of benzene rings is 1. The maximum Gasteiger partial charge on any atom is 0.220 e. The van der Waals surface area contributed by atoms with Gasteiger partial charge in [0.05, 0.1) is 17.1 Å². The number of rotatable bonds is 6. The van der Waals surface area contributed by atoms with Crippen LogP contribution in [0.2, 0.25) is 0 Å². The molecule has 190 valence electrons. The number of ether oxygens (including phenoxy) is 1. The van der Waals surface area contributed by atoms with Gasteiger partial charge in [0.15, 0.2) is 11.5 Å². The van der Waals surface area contributed by atoms with Crippen LogP contribution in [0.15, 0.2) is 36.7 Å². The molecule has 1 aromatic heterocycles. The van der Waals surface area contributed by atoms with Crippen LogP contribution >= 0.6 is 0 Å². The fraction of sp³-hybridized carbons (Fsp3) is 0.586. The van der Waals surface area contributed by atoms with Gasteiger partial charge < -0.3 is 20.3 Å². The van der Waals surface area contributed by atoms with Crippen molar-refractivity contribution >= 4 is 5.91 Å². The van der Waals surface area contributed by atoms with Crippen LogP contribution in [-0.4, -0.2) is 62.9 Å². The molecule has 3 aliphatic carbocycles. The molecule has 0 radical (unpaired) electrons. The summed E-state index contributed by atoms with van der Waals surface area (Å²) in [5.41, 5.74) is 1.69. The lowest BCUT2D eigenvalue weighted by Crippen LogP contribution is -2.78. The minimum Gasteiger partial charge on any atom is -0.504 e. The summed E-state index contributed by atoms with van der Waals surface area (Å²) >= 11 is 0. The molecule has 36 heavy (non-hydrogen) atoms. The number of phenolic OH excluding ortho intramolecular Hbond substituents is 1. The van der Waals surface area contributed by atoms with Crippen LogP contribution in [0.5, 0.6) is 11.5 Å². The molecular weight excluding hydrogens is 454 g/mol. The van der Waals surface area contributed by atoms with Crippen molar-refractivity contribution in [3.63, 3.8) is 0 Å². The molecule has 1 spiro atoms. The van der Waals surface area contributed by atoms with Crippen molar-refractivity contribution in [1.29, 1.82) is 0 Å². The first kappa shape index (κ1) is 22.5. The zero-order chi connectivity index (χ0) is 24.7. The maximum absolute atomic E-state index is 13.2. The third-order valence-electron chi connectivity index (χ3n) is 9.85. The Morgan fingerprint density at radius 2 is 2.14 bits per heavy atom. The van der Waals surface area contributed by atoms with E-state index in [0.717, 1.165) is 43.0 Å². The highest BCUT2D eigenvalue weighted by atomic mass is 16.5. The Morgan fingerprint density at radius 3 is 2.92 bits per heavy atom. The van der Waals surface area contributed by atoms with E-state index < -0.39 is 11.0 Å². The van der Waals surface area contributed by atoms with Crippen LogP contribution < -0.4 is 10.1 Å². The zero-order valence-corrected chi connectivity index (χ0v) is 20.8. The topological polar surface area (TPSA) is 94.9 Å². The van der Waals surface area contributed by atoms with Gasteiger partial charge in [-0.05, 0) is 80.2 Å². The largest absolute Gasteiger partial charge is 0.504 e. The summed E-state index contributed by atoms with van der Waals surface area (Å²) in [7, 11) is 0. The van der Waals surface area contributed by atoms with E-state index in [4.69, 9.17) is 4.74 Å². The van der Waals surface area contributed by atoms with Gasteiger partial charge in [-0.1, -0.05) is 19.1 Å². The number of aliphatic hydroxyl groups is 1. The van der Waals surface area contributed by atoms with E-state index in [0.29, 0.717) is 25.0 Å². The van der Waals surface area contributed by atoms with Crippen molar-refractivity contribution in [3.05, 3.63) is 53.3 Å². The first-order chi connectivity index (χ1) is 17.4. The Bertz CT molecular complexity index is 1200. The Balaban J connectivity index is 1.21. The van der Waals surface area contributed by atoms with Crippen molar-refractivity contribution < 1.29 is 19.7 Å². The van der Waals surface area contributed by atoms with Crippen LogP contribution in [0, 0.1) is 5.92 Å². The second kappa shape index (κ2) is 7.93. The number of amides is 1. The number of hydrogen-bond acceptors (Lipinski definition) is 6. The van der Waals surface area contributed by atoms with Gasteiger partial charge in [-0.25, -0.2) is 0 Å². The van der Waals surface area contributed by atoms with Crippen LogP contribution in [0.4, 0.5) is 0 Å². The molecule has 3 unspecified atom stereocenters. The van der Waals surface area contributed by atoms with Crippen molar-refractivity contribution in [2.24, 2.45) is 5.92 Å². The lowest BCUT2D eigenvalue weighted by Gasteiger charge is -2.64. The van der Waals surface area contributed by atoms with Gasteiger partial charge >= 0.3 is 0 Å². The SMILES string of the molecule is CC(CC(=O)NC1CC[C@@]2(O)[C@H]3Cc4ccc(O)c5c4[C@@]2(CCN3CC2CC2)C1O5)c1cccnc1. The van der Waals surface area contributed by atoms with Crippen LogP contribution in [0.1, 0.15) is 68.1 Å². The van der Waals surface area contributed by atoms with Gasteiger partial charge in [-0.15, -0.1) is 0 Å². The highest BCUT2D eigenvalue weighted by Crippen LogP contribution is 2.65. The van der Waals surface area contributed by atoms with Crippen LogP contribution in [-0.2, 0) is 16.6 Å². The predicted molar refractivity (Wildman–Crippen MR) is 134 cm³/mol. The minimum absolute atomic E-state index is 0.0132. The molecule has 3 N–H and O–H groups in total. The number of carbonyl (C=O) groups is 1. The highest BCUT2D eigenvalue weighted by molar-refractivity contribution is 5.77. The first-order valence-electron chi connectivity index (χ1n) is 13.6. The number of likely N-dealkylation sites (tertiary alicyclic amines) is 1. The summed E-state index contributed by atoms with van der Waals surface area (Å²) < 4.78 is 6.55. The third-order valence-corrected chi connectivity index (χ3v) is 9.85. The molecule has 6 atom stereocenters.